The SMILES string of the molecule is CCCNC(c1ccc(F)c(F)c1F)c1ncccc1F. The molecule has 1 unspecified atom stereocenters. The number of aromatic nitrogens is 1. The Morgan fingerprint density at radius 3 is 2.48 bits per heavy atom. The van der Waals surface area contributed by atoms with E-state index in [1.807, 2.05) is 6.92 Å². The summed E-state index contributed by atoms with van der Waals surface area (Å²) in [6.45, 7) is 2.32. The third-order valence-corrected chi connectivity index (χ3v) is 3.03. The van der Waals surface area contributed by atoms with Crippen LogP contribution in [0.3, 0.4) is 0 Å². The standard InChI is InChI=1S/C15H14F4N2/c1-2-7-20-14(15-11(17)4-3-8-21-15)9-5-6-10(16)13(19)12(9)18/h3-6,8,14,20H,2,7H2,1H3. The Morgan fingerprint density at radius 2 is 1.81 bits per heavy atom. The summed E-state index contributed by atoms with van der Waals surface area (Å²) in [6.07, 6.45) is 2.06. The minimum atomic E-state index is -1.58. The fourth-order valence-corrected chi connectivity index (χ4v) is 2.02. The molecule has 21 heavy (non-hydrogen) atoms. The number of nitrogens with zero attached hydrogens (tertiary/aromatic N) is 1. The monoisotopic (exact) mass is 298 g/mol. The molecule has 0 amide bonds. The molecule has 1 atom stereocenters. The van der Waals surface area contributed by atoms with Crippen molar-refractivity contribution in [3.8, 4) is 0 Å². The average Bonchev–Trinajstić information content (AvgIpc) is 2.48. The Kier molecular flexibility index (Phi) is 4.90. The first kappa shape index (κ1) is 15.4. The van der Waals surface area contributed by atoms with E-state index >= 15 is 0 Å². The summed E-state index contributed by atoms with van der Waals surface area (Å²) < 4.78 is 54.3. The van der Waals surface area contributed by atoms with Gasteiger partial charge in [-0.2, -0.15) is 0 Å². The molecule has 0 aliphatic rings. The molecule has 0 bridgehead atoms. The molecule has 1 heterocycles. The average molecular weight is 298 g/mol. The van der Waals surface area contributed by atoms with Crippen molar-refractivity contribution in [3.05, 3.63) is 65.0 Å². The zero-order valence-corrected chi connectivity index (χ0v) is 11.3. The van der Waals surface area contributed by atoms with Crippen molar-refractivity contribution in [2.45, 2.75) is 19.4 Å². The Balaban J connectivity index is 2.51. The molecule has 2 rings (SSSR count). The fraction of sp³-hybridized carbons (Fsp3) is 0.267. The quantitative estimate of drug-likeness (QED) is 0.672. The summed E-state index contributed by atoms with van der Waals surface area (Å²) in [5.41, 5.74) is -0.240. The molecule has 1 aromatic heterocycles. The minimum Gasteiger partial charge on any atom is -0.305 e. The lowest BCUT2D eigenvalue weighted by Gasteiger charge is -2.20. The Hall–Kier alpha value is -1.95. The van der Waals surface area contributed by atoms with E-state index in [4.69, 9.17) is 0 Å². The van der Waals surface area contributed by atoms with Gasteiger partial charge < -0.3 is 5.32 Å². The van der Waals surface area contributed by atoms with Crippen molar-refractivity contribution < 1.29 is 17.6 Å². The van der Waals surface area contributed by atoms with E-state index in [9.17, 15) is 17.6 Å². The lowest BCUT2D eigenvalue weighted by molar-refractivity contribution is 0.428. The number of nitrogens with one attached hydrogen (secondary N) is 1. The predicted molar refractivity (Wildman–Crippen MR) is 70.6 cm³/mol. The van der Waals surface area contributed by atoms with Gasteiger partial charge in [0.05, 0.1) is 11.7 Å². The highest BCUT2D eigenvalue weighted by Crippen LogP contribution is 2.27. The maximum Gasteiger partial charge on any atom is 0.194 e. The largest absolute Gasteiger partial charge is 0.305 e. The van der Waals surface area contributed by atoms with Gasteiger partial charge in [-0.3, -0.25) is 4.98 Å². The maximum atomic E-state index is 14.0. The molecule has 112 valence electrons. The topological polar surface area (TPSA) is 24.9 Å². The van der Waals surface area contributed by atoms with Crippen LogP contribution in [0.4, 0.5) is 17.6 Å². The van der Waals surface area contributed by atoms with Gasteiger partial charge in [0, 0.05) is 11.8 Å². The van der Waals surface area contributed by atoms with Crippen LogP contribution < -0.4 is 5.32 Å². The van der Waals surface area contributed by atoms with Crippen molar-refractivity contribution >= 4 is 0 Å². The summed E-state index contributed by atoms with van der Waals surface area (Å²) in [5.74, 6) is -4.84. The van der Waals surface area contributed by atoms with E-state index in [0.29, 0.717) is 13.0 Å². The third-order valence-electron chi connectivity index (χ3n) is 3.03. The molecule has 0 saturated heterocycles. The normalized spacial score (nSPS) is 12.4. The van der Waals surface area contributed by atoms with Crippen molar-refractivity contribution in [3.63, 3.8) is 0 Å². The van der Waals surface area contributed by atoms with Gasteiger partial charge in [0.1, 0.15) is 5.82 Å². The highest BCUT2D eigenvalue weighted by molar-refractivity contribution is 5.31. The van der Waals surface area contributed by atoms with Crippen molar-refractivity contribution in [1.82, 2.24) is 10.3 Å². The van der Waals surface area contributed by atoms with Crippen LogP contribution in [-0.2, 0) is 0 Å². The first-order valence-electron chi connectivity index (χ1n) is 6.53. The van der Waals surface area contributed by atoms with Crippen LogP contribution in [0.25, 0.3) is 0 Å². The number of rotatable bonds is 5. The fourth-order valence-electron chi connectivity index (χ4n) is 2.02. The molecule has 0 aliphatic heterocycles. The number of hydrogen-bond donors (Lipinski definition) is 1. The molecular weight excluding hydrogens is 284 g/mol. The molecule has 0 spiro atoms. The highest BCUT2D eigenvalue weighted by Gasteiger charge is 2.24. The van der Waals surface area contributed by atoms with Crippen molar-refractivity contribution in [2.75, 3.05) is 6.54 Å². The van der Waals surface area contributed by atoms with Crippen molar-refractivity contribution in [2.24, 2.45) is 0 Å². The molecule has 0 aliphatic carbocycles. The minimum absolute atomic E-state index is 0.0594. The smallest absolute Gasteiger partial charge is 0.194 e. The van der Waals surface area contributed by atoms with Gasteiger partial charge in [-0.1, -0.05) is 13.0 Å². The van der Waals surface area contributed by atoms with E-state index in [1.165, 1.54) is 18.3 Å². The van der Waals surface area contributed by atoms with Crippen LogP contribution in [0.2, 0.25) is 0 Å². The Labute approximate surface area is 119 Å². The van der Waals surface area contributed by atoms with Gasteiger partial charge in [-0.15, -0.1) is 0 Å². The molecule has 2 nitrogen and oxygen atoms in total. The highest BCUT2D eigenvalue weighted by atomic mass is 19.2. The second-order valence-corrected chi connectivity index (χ2v) is 4.52. The summed E-state index contributed by atoms with van der Waals surface area (Å²) in [6, 6.07) is 3.50. The molecule has 0 fully saturated rings. The molecule has 0 radical (unpaired) electrons. The van der Waals surface area contributed by atoms with Gasteiger partial charge in [0.15, 0.2) is 17.5 Å². The van der Waals surface area contributed by atoms with E-state index in [2.05, 4.69) is 10.3 Å². The lowest BCUT2D eigenvalue weighted by atomic mass is 10.0. The summed E-state index contributed by atoms with van der Waals surface area (Å²) >= 11 is 0. The van der Waals surface area contributed by atoms with Gasteiger partial charge in [-0.25, -0.2) is 17.6 Å². The second kappa shape index (κ2) is 6.67. The van der Waals surface area contributed by atoms with Gasteiger partial charge in [0.25, 0.3) is 0 Å². The first-order valence-corrected chi connectivity index (χ1v) is 6.53. The van der Waals surface area contributed by atoms with Crippen LogP contribution in [0.1, 0.15) is 30.6 Å². The predicted octanol–water partition coefficient (Wildman–Crippen LogP) is 3.73. The van der Waals surface area contributed by atoms with Gasteiger partial charge in [0.2, 0.25) is 0 Å². The number of benzene rings is 1. The first-order chi connectivity index (χ1) is 10.1. The van der Waals surface area contributed by atoms with Crippen molar-refractivity contribution in [1.29, 1.82) is 0 Å². The summed E-state index contributed by atoms with van der Waals surface area (Å²) in [5, 5.41) is 2.90. The zero-order chi connectivity index (χ0) is 15.4. The van der Waals surface area contributed by atoms with E-state index in [-0.39, 0.29) is 11.3 Å². The van der Waals surface area contributed by atoms with Crippen LogP contribution in [-0.4, -0.2) is 11.5 Å². The van der Waals surface area contributed by atoms with Crippen LogP contribution in [0.15, 0.2) is 30.5 Å². The van der Waals surface area contributed by atoms with Gasteiger partial charge in [-0.05, 0) is 31.2 Å². The van der Waals surface area contributed by atoms with Crippen LogP contribution >= 0.6 is 0 Å². The summed E-state index contributed by atoms with van der Waals surface area (Å²) in [4.78, 5) is 3.88. The van der Waals surface area contributed by atoms with Gasteiger partial charge >= 0.3 is 0 Å². The number of halogens is 4. The van der Waals surface area contributed by atoms with E-state index < -0.39 is 29.3 Å². The van der Waals surface area contributed by atoms with Crippen LogP contribution in [0, 0.1) is 23.3 Å². The third kappa shape index (κ3) is 3.21. The number of pyridine rings is 1. The summed E-state index contributed by atoms with van der Waals surface area (Å²) in [7, 11) is 0. The zero-order valence-electron chi connectivity index (χ0n) is 11.3. The maximum absolute atomic E-state index is 14.0. The molecule has 2 aromatic rings. The number of hydrogen-bond acceptors (Lipinski definition) is 2. The molecule has 6 heteroatoms. The second-order valence-electron chi connectivity index (χ2n) is 4.52. The van der Waals surface area contributed by atoms with E-state index in [1.54, 1.807) is 0 Å². The Morgan fingerprint density at radius 1 is 1.05 bits per heavy atom. The molecule has 1 aromatic carbocycles. The Bertz CT molecular complexity index is 631. The molecular formula is C15H14F4N2. The van der Waals surface area contributed by atoms with E-state index in [0.717, 1.165) is 12.1 Å². The van der Waals surface area contributed by atoms with Crippen LogP contribution in [0.5, 0.6) is 0 Å². The lowest BCUT2D eigenvalue weighted by Crippen LogP contribution is -2.26. The molecule has 0 saturated carbocycles. The molecule has 1 N–H and O–H groups in total.